The molecule has 1 aliphatic heterocycles. The first-order valence-electron chi connectivity index (χ1n) is 9.26. The fourth-order valence-electron chi connectivity index (χ4n) is 3.30. The molecule has 0 spiro atoms. The molecule has 1 amide bonds. The summed E-state index contributed by atoms with van der Waals surface area (Å²) < 4.78 is 33.1. The van der Waals surface area contributed by atoms with Crippen LogP contribution in [0.15, 0.2) is 53.4 Å². The van der Waals surface area contributed by atoms with Crippen LogP contribution in [0.3, 0.4) is 0 Å². The van der Waals surface area contributed by atoms with E-state index in [0.29, 0.717) is 26.2 Å². The van der Waals surface area contributed by atoms with Crippen molar-refractivity contribution in [2.45, 2.75) is 17.9 Å². The summed E-state index contributed by atoms with van der Waals surface area (Å²) in [5, 5.41) is 0.266. The Morgan fingerprint density at radius 1 is 1.10 bits per heavy atom. The highest BCUT2D eigenvalue weighted by Gasteiger charge is 2.29. The van der Waals surface area contributed by atoms with Gasteiger partial charge in [0.15, 0.2) is 0 Å². The largest absolute Gasteiger partial charge is 0.495 e. The number of nitrogens with zero attached hydrogens (tertiary/aromatic N) is 2. The number of methoxy groups -OCH3 is 1. The summed E-state index contributed by atoms with van der Waals surface area (Å²) in [6, 6.07) is 13.4. The number of hydrogen-bond donors (Lipinski definition) is 1. The summed E-state index contributed by atoms with van der Waals surface area (Å²) in [7, 11) is -2.60. The molecule has 1 saturated heterocycles. The lowest BCUT2D eigenvalue weighted by molar-refractivity contribution is -0.132. The Morgan fingerprint density at radius 3 is 2.38 bits per heavy atom. The number of ether oxygens (including phenoxy) is 1. The van der Waals surface area contributed by atoms with E-state index in [0.717, 1.165) is 5.69 Å². The standard InChI is InChI=1S/C20H24ClN3O4S/c1-15(22-29(26,27)19-14-16(21)8-9-18(19)28-2)20(25)24-12-10-23(11-13-24)17-6-4-3-5-7-17/h3-9,14-15,22H,10-13H2,1-2H3/t15-/m1/s1. The van der Waals surface area contributed by atoms with Crippen LogP contribution < -0.4 is 14.4 Å². The number of carbonyl (C=O) groups is 1. The molecule has 2 aromatic rings. The van der Waals surface area contributed by atoms with Gasteiger partial charge in [-0.05, 0) is 37.3 Å². The number of carbonyl (C=O) groups excluding carboxylic acids is 1. The molecule has 29 heavy (non-hydrogen) atoms. The van der Waals surface area contributed by atoms with E-state index in [4.69, 9.17) is 16.3 Å². The number of para-hydroxylation sites is 1. The Bertz CT molecular complexity index is 961. The summed E-state index contributed by atoms with van der Waals surface area (Å²) >= 11 is 5.94. The number of hydrogen-bond acceptors (Lipinski definition) is 5. The molecule has 0 radical (unpaired) electrons. The minimum absolute atomic E-state index is 0.0963. The molecular weight excluding hydrogens is 414 g/mol. The molecule has 1 heterocycles. The summed E-state index contributed by atoms with van der Waals surface area (Å²) in [5.41, 5.74) is 1.11. The van der Waals surface area contributed by atoms with Gasteiger partial charge in [0.25, 0.3) is 0 Å². The second-order valence-electron chi connectivity index (χ2n) is 6.79. The van der Waals surface area contributed by atoms with Crippen LogP contribution in [-0.2, 0) is 14.8 Å². The highest BCUT2D eigenvalue weighted by Crippen LogP contribution is 2.27. The molecule has 0 aromatic heterocycles. The maximum Gasteiger partial charge on any atom is 0.245 e. The minimum Gasteiger partial charge on any atom is -0.495 e. The second-order valence-corrected chi connectivity index (χ2v) is 8.90. The summed E-state index contributed by atoms with van der Waals surface area (Å²) in [4.78, 5) is 16.6. The summed E-state index contributed by atoms with van der Waals surface area (Å²) in [6.45, 7) is 3.98. The van der Waals surface area contributed by atoms with E-state index in [1.807, 2.05) is 30.3 Å². The maximum atomic E-state index is 12.8. The van der Waals surface area contributed by atoms with Crippen LogP contribution in [0.4, 0.5) is 5.69 Å². The van der Waals surface area contributed by atoms with Gasteiger partial charge in [0.2, 0.25) is 15.9 Å². The highest BCUT2D eigenvalue weighted by atomic mass is 35.5. The van der Waals surface area contributed by atoms with E-state index in [1.165, 1.54) is 19.2 Å². The molecule has 156 valence electrons. The molecule has 1 atom stereocenters. The van der Waals surface area contributed by atoms with Crippen molar-refractivity contribution in [3.8, 4) is 5.75 Å². The number of halogens is 1. The third-order valence-corrected chi connectivity index (χ3v) is 6.63. The molecular formula is C20H24ClN3O4S. The molecule has 9 heteroatoms. The monoisotopic (exact) mass is 437 g/mol. The number of anilines is 1. The first-order chi connectivity index (χ1) is 13.8. The molecule has 1 N–H and O–H groups in total. The van der Waals surface area contributed by atoms with Gasteiger partial charge in [0.1, 0.15) is 10.6 Å². The van der Waals surface area contributed by atoms with Crippen molar-refractivity contribution in [1.82, 2.24) is 9.62 Å². The molecule has 2 aromatic carbocycles. The van der Waals surface area contributed by atoms with Crippen LogP contribution in [0, 0.1) is 0 Å². The van der Waals surface area contributed by atoms with E-state index in [-0.39, 0.29) is 21.6 Å². The molecule has 3 rings (SSSR count). The Morgan fingerprint density at radius 2 is 1.76 bits per heavy atom. The van der Waals surface area contributed by atoms with Crippen LogP contribution in [-0.4, -0.2) is 58.6 Å². The third-order valence-electron chi connectivity index (χ3n) is 4.83. The number of benzene rings is 2. The van der Waals surface area contributed by atoms with Crippen molar-refractivity contribution in [2.24, 2.45) is 0 Å². The fourth-order valence-corrected chi connectivity index (χ4v) is 4.93. The zero-order valence-electron chi connectivity index (χ0n) is 16.3. The van der Waals surface area contributed by atoms with E-state index in [1.54, 1.807) is 17.9 Å². The third kappa shape index (κ3) is 5.01. The lowest BCUT2D eigenvalue weighted by Crippen LogP contribution is -2.54. The van der Waals surface area contributed by atoms with Gasteiger partial charge >= 0.3 is 0 Å². The van der Waals surface area contributed by atoms with Gasteiger partial charge < -0.3 is 14.5 Å². The lowest BCUT2D eigenvalue weighted by atomic mass is 10.2. The maximum absolute atomic E-state index is 12.8. The Hall–Kier alpha value is -2.29. The van der Waals surface area contributed by atoms with Crippen molar-refractivity contribution in [1.29, 1.82) is 0 Å². The average Bonchev–Trinajstić information content (AvgIpc) is 2.73. The Labute approximate surface area is 176 Å². The van der Waals surface area contributed by atoms with Crippen LogP contribution in [0.1, 0.15) is 6.92 Å². The zero-order valence-corrected chi connectivity index (χ0v) is 17.9. The van der Waals surface area contributed by atoms with Crippen molar-refractivity contribution in [3.63, 3.8) is 0 Å². The fraction of sp³-hybridized carbons (Fsp3) is 0.350. The first kappa shape index (κ1) is 21.4. The molecule has 0 saturated carbocycles. The van der Waals surface area contributed by atoms with Crippen molar-refractivity contribution in [2.75, 3.05) is 38.2 Å². The SMILES string of the molecule is COc1ccc(Cl)cc1S(=O)(=O)N[C@H](C)C(=O)N1CCN(c2ccccc2)CC1. The highest BCUT2D eigenvalue weighted by molar-refractivity contribution is 7.89. The lowest BCUT2D eigenvalue weighted by Gasteiger charge is -2.37. The van der Waals surface area contributed by atoms with Crippen LogP contribution >= 0.6 is 11.6 Å². The van der Waals surface area contributed by atoms with Crippen LogP contribution in [0.5, 0.6) is 5.75 Å². The van der Waals surface area contributed by atoms with Gasteiger partial charge in [-0.1, -0.05) is 29.8 Å². The van der Waals surface area contributed by atoms with E-state index in [9.17, 15) is 13.2 Å². The van der Waals surface area contributed by atoms with Crippen molar-refractivity contribution < 1.29 is 17.9 Å². The molecule has 1 fully saturated rings. The van der Waals surface area contributed by atoms with Gasteiger partial charge in [0, 0.05) is 36.9 Å². The molecule has 1 aliphatic rings. The number of rotatable bonds is 6. The van der Waals surface area contributed by atoms with Gasteiger partial charge in [-0.2, -0.15) is 4.72 Å². The summed E-state index contributed by atoms with van der Waals surface area (Å²) in [6.07, 6.45) is 0. The van der Waals surface area contributed by atoms with E-state index in [2.05, 4.69) is 9.62 Å². The van der Waals surface area contributed by atoms with Gasteiger partial charge in [-0.3, -0.25) is 4.79 Å². The van der Waals surface area contributed by atoms with E-state index < -0.39 is 16.1 Å². The molecule has 0 aliphatic carbocycles. The first-order valence-corrected chi connectivity index (χ1v) is 11.1. The number of amides is 1. The number of piperazine rings is 1. The number of sulfonamides is 1. The second kappa shape index (κ2) is 9.02. The minimum atomic E-state index is -3.98. The van der Waals surface area contributed by atoms with Crippen LogP contribution in [0.2, 0.25) is 5.02 Å². The quantitative estimate of drug-likeness (QED) is 0.750. The number of nitrogens with one attached hydrogen (secondary N) is 1. The van der Waals surface area contributed by atoms with Crippen LogP contribution in [0.25, 0.3) is 0 Å². The molecule has 0 unspecified atom stereocenters. The predicted molar refractivity (Wildman–Crippen MR) is 113 cm³/mol. The normalized spacial score (nSPS) is 15.8. The van der Waals surface area contributed by atoms with Gasteiger partial charge in [-0.15, -0.1) is 0 Å². The van der Waals surface area contributed by atoms with Gasteiger partial charge in [0.05, 0.1) is 13.2 Å². The predicted octanol–water partition coefficient (Wildman–Crippen LogP) is 2.36. The Balaban J connectivity index is 1.64. The Kier molecular flexibility index (Phi) is 6.66. The topological polar surface area (TPSA) is 78.9 Å². The smallest absolute Gasteiger partial charge is 0.245 e. The summed E-state index contributed by atoms with van der Waals surface area (Å²) in [5.74, 6) is -0.0969. The van der Waals surface area contributed by atoms with E-state index >= 15 is 0 Å². The zero-order chi connectivity index (χ0) is 21.0. The van der Waals surface area contributed by atoms with Crippen molar-refractivity contribution in [3.05, 3.63) is 53.6 Å². The van der Waals surface area contributed by atoms with Gasteiger partial charge in [-0.25, -0.2) is 8.42 Å². The average molecular weight is 438 g/mol. The molecule has 7 nitrogen and oxygen atoms in total. The van der Waals surface area contributed by atoms with Crippen molar-refractivity contribution >= 4 is 33.2 Å². The molecule has 0 bridgehead atoms.